The van der Waals surface area contributed by atoms with Crippen LogP contribution < -0.4 is 10.9 Å². The van der Waals surface area contributed by atoms with Crippen molar-refractivity contribution >= 4 is 44.7 Å². The second kappa shape index (κ2) is 6.69. The van der Waals surface area contributed by atoms with E-state index >= 15 is 0 Å². The van der Waals surface area contributed by atoms with E-state index in [1.807, 2.05) is 13.0 Å². The van der Waals surface area contributed by atoms with Crippen molar-refractivity contribution in [1.82, 2.24) is 4.98 Å². The Bertz CT molecular complexity index is 1130. The Labute approximate surface area is 165 Å². The molecule has 140 valence electrons. The van der Waals surface area contributed by atoms with Gasteiger partial charge in [0.2, 0.25) is 0 Å². The van der Waals surface area contributed by atoms with Crippen LogP contribution in [0.15, 0.2) is 23.0 Å². The summed E-state index contributed by atoms with van der Waals surface area (Å²) in [5.41, 5.74) is 1.52. The van der Waals surface area contributed by atoms with Gasteiger partial charge in [0.15, 0.2) is 0 Å². The summed E-state index contributed by atoms with van der Waals surface area (Å²) in [7, 11) is 0. The lowest BCUT2D eigenvalue weighted by Gasteiger charge is -2.18. The number of aromatic amines is 1. The molecule has 0 unspecified atom stereocenters. The molecule has 27 heavy (non-hydrogen) atoms. The molecule has 0 saturated carbocycles. The van der Waals surface area contributed by atoms with Gasteiger partial charge < -0.3 is 15.4 Å². The van der Waals surface area contributed by atoms with Crippen molar-refractivity contribution in [3.05, 3.63) is 55.1 Å². The predicted octanol–water partition coefficient (Wildman–Crippen LogP) is 4.63. The summed E-state index contributed by atoms with van der Waals surface area (Å²) in [6, 6.07) is 5.21. The maximum Gasteiger partial charge on any atom is 0.265 e. The summed E-state index contributed by atoms with van der Waals surface area (Å²) in [6.45, 7) is 4.09. The number of aromatic nitrogens is 1. The summed E-state index contributed by atoms with van der Waals surface area (Å²) in [5, 5.41) is 14.4. The Morgan fingerprint density at radius 2 is 2.19 bits per heavy atom. The molecule has 3 aromatic rings. The number of benzene rings is 1. The number of rotatable bonds is 2. The summed E-state index contributed by atoms with van der Waals surface area (Å²) in [6.07, 6.45) is 2.79. The van der Waals surface area contributed by atoms with Crippen molar-refractivity contribution < 1.29 is 9.90 Å². The van der Waals surface area contributed by atoms with Crippen LogP contribution in [0.4, 0.5) is 5.69 Å². The Morgan fingerprint density at radius 3 is 2.93 bits per heavy atom. The second-order valence-corrected chi connectivity index (χ2v) is 8.68. The molecule has 0 spiro atoms. The highest BCUT2D eigenvalue weighted by Crippen LogP contribution is 2.41. The highest BCUT2D eigenvalue weighted by atomic mass is 35.5. The molecule has 2 heterocycles. The number of carbonyl (C=O) groups excluding carboxylic acids is 1. The van der Waals surface area contributed by atoms with Gasteiger partial charge in [-0.1, -0.05) is 24.6 Å². The average molecular weight is 403 g/mol. The first kappa shape index (κ1) is 18.1. The second-order valence-electron chi connectivity index (χ2n) is 7.17. The highest BCUT2D eigenvalue weighted by molar-refractivity contribution is 7.18. The largest absolute Gasteiger partial charge is 0.506 e. The minimum absolute atomic E-state index is 0.249. The highest BCUT2D eigenvalue weighted by Gasteiger charge is 2.27. The maximum absolute atomic E-state index is 12.7. The number of thiophene rings is 1. The summed E-state index contributed by atoms with van der Waals surface area (Å²) < 4.78 is 0. The van der Waals surface area contributed by atoms with E-state index in [1.54, 1.807) is 12.1 Å². The molecule has 0 fully saturated rings. The zero-order valence-electron chi connectivity index (χ0n) is 15.0. The number of aryl methyl sites for hydroxylation is 2. The maximum atomic E-state index is 12.7. The minimum Gasteiger partial charge on any atom is -0.506 e. The van der Waals surface area contributed by atoms with Gasteiger partial charge in [0.25, 0.3) is 11.5 Å². The van der Waals surface area contributed by atoms with Gasteiger partial charge in [0, 0.05) is 4.88 Å². The zero-order chi connectivity index (χ0) is 19.3. The summed E-state index contributed by atoms with van der Waals surface area (Å²) in [4.78, 5) is 29.8. The summed E-state index contributed by atoms with van der Waals surface area (Å²) >= 11 is 7.66. The number of amides is 1. The lowest BCUT2D eigenvalue weighted by atomic mass is 9.89. The van der Waals surface area contributed by atoms with Crippen LogP contribution in [0.25, 0.3) is 10.2 Å². The number of hydrogen-bond acceptors (Lipinski definition) is 4. The van der Waals surface area contributed by atoms with E-state index < -0.39 is 11.5 Å². The van der Waals surface area contributed by atoms with E-state index in [2.05, 4.69) is 17.2 Å². The summed E-state index contributed by atoms with van der Waals surface area (Å²) in [5.74, 6) is -0.349. The van der Waals surface area contributed by atoms with Crippen molar-refractivity contribution in [2.24, 2.45) is 5.92 Å². The molecule has 7 heteroatoms. The number of halogens is 1. The van der Waals surface area contributed by atoms with Crippen LogP contribution in [0.3, 0.4) is 0 Å². The number of H-pyrrole nitrogens is 1. The SMILES string of the molecule is Cc1ccc(NC(=O)c2c(O)c3c4c(sc3[nH]c2=O)C[C@H](C)CC4)c(Cl)c1. The van der Waals surface area contributed by atoms with Gasteiger partial charge in [-0.05, 0) is 55.4 Å². The van der Waals surface area contributed by atoms with Crippen LogP contribution in [0, 0.1) is 12.8 Å². The fourth-order valence-corrected chi connectivity index (χ4v) is 5.29. The molecule has 1 amide bonds. The number of carbonyl (C=O) groups is 1. The standard InChI is InChI=1S/C20H19ClN2O3S/c1-9-4-6-13(12(21)7-9)22-18(25)16-17(24)15-11-5-3-10(2)8-14(11)27-20(15)23-19(16)26/h4,6-7,10H,3,5,8H2,1-2H3,(H,22,25)(H2,23,24,26)/t10-/m1/s1. The molecule has 1 aliphatic carbocycles. The molecule has 4 rings (SSSR count). The van der Waals surface area contributed by atoms with E-state index in [4.69, 9.17) is 11.6 Å². The number of pyridine rings is 1. The van der Waals surface area contributed by atoms with Crippen molar-refractivity contribution in [3.63, 3.8) is 0 Å². The quantitative estimate of drug-likeness (QED) is 0.584. The molecule has 0 saturated heterocycles. The van der Waals surface area contributed by atoms with E-state index in [-0.39, 0.29) is 11.3 Å². The van der Waals surface area contributed by atoms with Crippen LogP contribution in [-0.2, 0) is 12.8 Å². The molecule has 5 nitrogen and oxygen atoms in total. The molecule has 1 aromatic carbocycles. The van der Waals surface area contributed by atoms with E-state index in [0.29, 0.717) is 26.8 Å². The number of nitrogens with one attached hydrogen (secondary N) is 2. The molecular weight excluding hydrogens is 384 g/mol. The van der Waals surface area contributed by atoms with Crippen molar-refractivity contribution in [2.75, 3.05) is 5.32 Å². The Morgan fingerprint density at radius 1 is 1.41 bits per heavy atom. The number of aromatic hydroxyl groups is 1. The van der Waals surface area contributed by atoms with Gasteiger partial charge in [-0.15, -0.1) is 11.3 Å². The van der Waals surface area contributed by atoms with E-state index in [9.17, 15) is 14.7 Å². The Balaban J connectivity index is 1.79. The monoisotopic (exact) mass is 402 g/mol. The fourth-order valence-electron chi connectivity index (χ4n) is 3.60. The smallest absolute Gasteiger partial charge is 0.265 e. The van der Waals surface area contributed by atoms with E-state index in [0.717, 1.165) is 30.4 Å². The van der Waals surface area contributed by atoms with Gasteiger partial charge in [-0.2, -0.15) is 0 Å². The lowest BCUT2D eigenvalue weighted by molar-refractivity contribution is 0.102. The fraction of sp³-hybridized carbons (Fsp3) is 0.300. The number of hydrogen-bond donors (Lipinski definition) is 3. The van der Waals surface area contributed by atoms with Crippen molar-refractivity contribution in [3.8, 4) is 5.75 Å². The van der Waals surface area contributed by atoms with Gasteiger partial charge in [0.05, 0.1) is 16.1 Å². The topological polar surface area (TPSA) is 82.2 Å². The average Bonchev–Trinajstić information content (AvgIpc) is 2.94. The lowest BCUT2D eigenvalue weighted by Crippen LogP contribution is -2.23. The zero-order valence-corrected chi connectivity index (χ0v) is 16.6. The van der Waals surface area contributed by atoms with Crippen LogP contribution in [0.2, 0.25) is 5.02 Å². The number of fused-ring (bicyclic) bond motifs is 3. The van der Waals surface area contributed by atoms with Gasteiger partial charge in [-0.25, -0.2) is 0 Å². The first-order valence-electron chi connectivity index (χ1n) is 8.82. The van der Waals surface area contributed by atoms with Gasteiger partial charge >= 0.3 is 0 Å². The molecule has 1 aliphatic rings. The van der Waals surface area contributed by atoms with E-state index in [1.165, 1.54) is 16.2 Å². The molecule has 2 aromatic heterocycles. The molecular formula is C20H19ClN2O3S. The van der Waals surface area contributed by atoms with Crippen molar-refractivity contribution in [2.45, 2.75) is 33.1 Å². The first-order chi connectivity index (χ1) is 12.8. The van der Waals surface area contributed by atoms with Crippen LogP contribution in [0.5, 0.6) is 5.75 Å². The predicted molar refractivity (Wildman–Crippen MR) is 109 cm³/mol. The normalized spacial score (nSPS) is 16.3. The number of anilines is 1. The van der Waals surface area contributed by atoms with Crippen molar-refractivity contribution in [1.29, 1.82) is 0 Å². The minimum atomic E-state index is -0.675. The van der Waals surface area contributed by atoms with Crippen LogP contribution in [-0.4, -0.2) is 16.0 Å². The molecule has 0 bridgehead atoms. The van der Waals surface area contributed by atoms with Gasteiger partial charge in [-0.3, -0.25) is 9.59 Å². The van der Waals surface area contributed by atoms with Crippen LogP contribution in [0.1, 0.15) is 39.7 Å². The molecule has 0 radical (unpaired) electrons. The molecule has 1 atom stereocenters. The third kappa shape index (κ3) is 3.13. The van der Waals surface area contributed by atoms with Gasteiger partial charge in [0.1, 0.15) is 16.1 Å². The third-order valence-corrected chi connectivity index (χ3v) is 6.52. The Kier molecular flexibility index (Phi) is 4.48. The first-order valence-corrected chi connectivity index (χ1v) is 10.0. The molecule has 3 N–H and O–H groups in total. The Hall–Kier alpha value is -2.31. The molecule has 0 aliphatic heterocycles. The van der Waals surface area contributed by atoms with Crippen LogP contribution >= 0.6 is 22.9 Å². The third-order valence-electron chi connectivity index (χ3n) is 5.04.